The molecule has 0 aromatic heterocycles. The Morgan fingerprint density at radius 2 is 1.70 bits per heavy atom. The summed E-state index contributed by atoms with van der Waals surface area (Å²) in [5, 5.41) is 34.7. The van der Waals surface area contributed by atoms with Crippen LogP contribution in [-0.2, 0) is 33.3 Å². The molecule has 3 N–H and O–H groups in total. The molecule has 10 unspecified atom stereocenters. The Hall–Kier alpha value is -1.75. The highest BCUT2D eigenvalue weighted by molar-refractivity contribution is 5.94. The Bertz CT molecular complexity index is 925. The second kappa shape index (κ2) is 4.69. The van der Waals surface area contributed by atoms with Gasteiger partial charge in [-0.3, -0.25) is 4.79 Å². The molecule has 0 aromatic rings. The number of rotatable bonds is 0. The molecule has 2 saturated carbocycles. The first-order valence-corrected chi connectivity index (χ1v) is 10.2. The summed E-state index contributed by atoms with van der Waals surface area (Å²) in [4.78, 5) is 38.2. The van der Waals surface area contributed by atoms with Crippen molar-refractivity contribution in [3.8, 4) is 0 Å². The highest BCUT2D eigenvalue weighted by Gasteiger charge is 3.03. The summed E-state index contributed by atoms with van der Waals surface area (Å²) in [6.45, 7) is 7.14. The van der Waals surface area contributed by atoms with Crippen molar-refractivity contribution in [2.24, 2.45) is 28.1 Å². The van der Waals surface area contributed by atoms with E-state index in [2.05, 4.69) is 0 Å². The van der Waals surface area contributed by atoms with Crippen LogP contribution in [0.1, 0.15) is 34.1 Å². The average molecular weight is 424 g/mol. The first-order valence-electron chi connectivity index (χ1n) is 10.2. The lowest BCUT2D eigenvalue weighted by molar-refractivity contribution is -0.239. The topological polar surface area (TPSA) is 149 Å². The number of hydrogen-bond acceptors (Lipinski definition) is 10. The van der Waals surface area contributed by atoms with Gasteiger partial charge in [-0.05, 0) is 24.7 Å². The number of esters is 3. The quantitative estimate of drug-likeness (QED) is 0.314. The Morgan fingerprint density at radius 3 is 2.33 bits per heavy atom. The maximum absolute atomic E-state index is 13.4. The number of hydrogen-bond donors (Lipinski definition) is 3. The van der Waals surface area contributed by atoms with Crippen LogP contribution in [-0.4, -0.2) is 75.1 Å². The maximum atomic E-state index is 13.4. The summed E-state index contributed by atoms with van der Waals surface area (Å²) < 4.78 is 22.5. The van der Waals surface area contributed by atoms with Gasteiger partial charge in [-0.25, -0.2) is 9.59 Å². The zero-order chi connectivity index (χ0) is 21.8. The summed E-state index contributed by atoms with van der Waals surface area (Å²) >= 11 is 0. The molecule has 4 heterocycles. The lowest BCUT2D eigenvalue weighted by atomic mass is 9.51. The molecular weight excluding hydrogens is 400 g/mol. The van der Waals surface area contributed by atoms with E-state index >= 15 is 0 Å². The van der Waals surface area contributed by atoms with Crippen LogP contribution in [0.2, 0.25) is 0 Å². The average Bonchev–Trinajstić information content (AvgIpc) is 3.35. The highest BCUT2D eigenvalue weighted by atomic mass is 16.8. The van der Waals surface area contributed by atoms with E-state index in [-0.39, 0.29) is 6.42 Å². The zero-order valence-electron chi connectivity index (χ0n) is 16.9. The molecule has 10 nitrogen and oxygen atoms in total. The molecule has 11 atom stereocenters. The van der Waals surface area contributed by atoms with Crippen LogP contribution in [0.25, 0.3) is 0 Å². The van der Waals surface area contributed by atoms with Crippen LogP contribution in [0.3, 0.4) is 0 Å². The Labute approximate surface area is 171 Å². The Morgan fingerprint density at radius 1 is 1.03 bits per heavy atom. The van der Waals surface area contributed by atoms with E-state index in [1.54, 1.807) is 0 Å². The second-order valence-electron chi connectivity index (χ2n) is 10.7. The van der Waals surface area contributed by atoms with Gasteiger partial charge >= 0.3 is 17.9 Å². The van der Waals surface area contributed by atoms with Crippen molar-refractivity contribution in [3.05, 3.63) is 0 Å². The summed E-state index contributed by atoms with van der Waals surface area (Å²) in [7, 11) is 0. The summed E-state index contributed by atoms with van der Waals surface area (Å²) in [5.41, 5.74) is -8.26. The van der Waals surface area contributed by atoms with Crippen molar-refractivity contribution in [1.82, 2.24) is 0 Å². The van der Waals surface area contributed by atoms with Crippen LogP contribution in [0.4, 0.5) is 0 Å². The lowest BCUT2D eigenvalue weighted by Gasteiger charge is -2.47. The van der Waals surface area contributed by atoms with Gasteiger partial charge in [0.2, 0.25) is 11.9 Å². The van der Waals surface area contributed by atoms with Crippen molar-refractivity contribution in [2.75, 3.05) is 0 Å². The molecule has 6 fully saturated rings. The molecular formula is C20H24O10. The van der Waals surface area contributed by atoms with Crippen molar-refractivity contribution >= 4 is 17.9 Å². The lowest BCUT2D eigenvalue weighted by Crippen LogP contribution is -2.67. The van der Waals surface area contributed by atoms with Gasteiger partial charge < -0.3 is 34.3 Å². The number of fused-ring (bicyclic) bond motifs is 1. The largest absolute Gasteiger partial charge is 0.459 e. The minimum absolute atomic E-state index is 0.229. The molecule has 30 heavy (non-hydrogen) atoms. The predicted molar refractivity (Wildman–Crippen MR) is 92.0 cm³/mol. The third-order valence-corrected chi connectivity index (χ3v) is 9.00. The van der Waals surface area contributed by atoms with E-state index in [4.69, 9.17) is 18.9 Å². The number of carbonyl (C=O) groups is 3. The van der Waals surface area contributed by atoms with Gasteiger partial charge in [-0.2, -0.15) is 0 Å². The Balaban J connectivity index is 1.72. The number of ether oxygens (including phenoxy) is 4. The van der Waals surface area contributed by atoms with E-state index in [0.717, 1.165) is 0 Å². The standard InChI is InChI=1S/C20H24O10/c1-6-12(23)28-11-9(21)18-8-5-7(16(2,3)4)17(18)10(22)13(24)29-15(17)30-20(18,14(25)27-8)19(6,11)26/h6-11,15,21-22,26H,5H2,1-4H3/t6?,7?,8?,9?,10?,11?,15?,17?,18?,19-,20?/m1/s1. The summed E-state index contributed by atoms with van der Waals surface area (Å²) in [6.07, 6.45) is -6.91. The van der Waals surface area contributed by atoms with Crippen molar-refractivity contribution < 1.29 is 48.7 Å². The molecule has 0 amide bonds. The van der Waals surface area contributed by atoms with Gasteiger partial charge in [-0.15, -0.1) is 0 Å². The van der Waals surface area contributed by atoms with Crippen molar-refractivity contribution in [2.45, 2.75) is 76.0 Å². The molecule has 2 aliphatic carbocycles. The summed E-state index contributed by atoms with van der Waals surface area (Å²) in [6, 6.07) is 0. The van der Waals surface area contributed by atoms with Crippen LogP contribution in [0, 0.1) is 28.1 Å². The van der Waals surface area contributed by atoms with Gasteiger partial charge in [0.1, 0.15) is 12.2 Å². The molecule has 0 radical (unpaired) electrons. The number of aliphatic hydroxyl groups is 3. The first-order chi connectivity index (χ1) is 13.8. The van der Waals surface area contributed by atoms with Gasteiger partial charge in [-0.1, -0.05) is 20.8 Å². The monoisotopic (exact) mass is 424 g/mol. The van der Waals surface area contributed by atoms with Gasteiger partial charge in [0.25, 0.3) is 0 Å². The molecule has 6 aliphatic rings. The molecule has 0 bridgehead atoms. The molecule has 4 saturated heterocycles. The van der Waals surface area contributed by atoms with Crippen LogP contribution >= 0.6 is 0 Å². The minimum atomic E-state index is -2.24. The molecule has 6 rings (SSSR count). The van der Waals surface area contributed by atoms with Crippen LogP contribution in [0.15, 0.2) is 0 Å². The van der Waals surface area contributed by atoms with Crippen molar-refractivity contribution in [1.29, 1.82) is 0 Å². The van der Waals surface area contributed by atoms with Crippen molar-refractivity contribution in [3.63, 3.8) is 0 Å². The van der Waals surface area contributed by atoms with Gasteiger partial charge in [0, 0.05) is 0 Å². The van der Waals surface area contributed by atoms with E-state index in [1.807, 2.05) is 20.8 Å². The van der Waals surface area contributed by atoms with E-state index < -0.39 is 87.9 Å². The fraction of sp³-hybridized carbons (Fsp3) is 0.850. The first kappa shape index (κ1) is 19.0. The number of aliphatic hydroxyl groups excluding tert-OH is 2. The molecule has 4 aliphatic heterocycles. The Kier molecular flexibility index (Phi) is 2.97. The molecule has 2 spiro atoms. The molecule has 0 aromatic carbocycles. The fourth-order valence-corrected chi connectivity index (χ4v) is 8.12. The normalized spacial score (nSPS) is 60.1. The predicted octanol–water partition coefficient (Wildman–Crippen LogP) is -1.37. The third-order valence-electron chi connectivity index (χ3n) is 9.00. The number of carbonyl (C=O) groups excluding carboxylic acids is 3. The van der Waals surface area contributed by atoms with Gasteiger partial charge in [0.05, 0.1) is 16.7 Å². The van der Waals surface area contributed by atoms with E-state index in [9.17, 15) is 29.7 Å². The summed E-state index contributed by atoms with van der Waals surface area (Å²) in [5.74, 6) is -4.32. The van der Waals surface area contributed by atoms with E-state index in [1.165, 1.54) is 6.92 Å². The SMILES string of the molecule is CC1C(=O)OC2C(O)C34C5CC(C(C)(C)C)C36C(OC(=O)C6O)OC4(C(=O)O5)[C@@]12O. The third kappa shape index (κ3) is 1.33. The van der Waals surface area contributed by atoms with E-state index in [0.29, 0.717) is 0 Å². The fourth-order valence-electron chi connectivity index (χ4n) is 8.12. The van der Waals surface area contributed by atoms with Crippen LogP contribution in [0.5, 0.6) is 0 Å². The van der Waals surface area contributed by atoms with Crippen LogP contribution < -0.4 is 0 Å². The zero-order valence-corrected chi connectivity index (χ0v) is 16.9. The van der Waals surface area contributed by atoms with Gasteiger partial charge in [0.15, 0.2) is 17.8 Å². The molecule has 164 valence electrons. The minimum Gasteiger partial charge on any atom is -0.459 e. The second-order valence-corrected chi connectivity index (χ2v) is 10.7. The highest BCUT2D eigenvalue weighted by Crippen LogP contribution is 2.84. The molecule has 10 heteroatoms. The maximum Gasteiger partial charge on any atom is 0.343 e. The smallest absolute Gasteiger partial charge is 0.343 e.